The maximum Gasteiger partial charge on any atom is 0.410 e. The van der Waals surface area contributed by atoms with Crippen molar-refractivity contribution < 1.29 is 19.1 Å². The van der Waals surface area contributed by atoms with Gasteiger partial charge in [-0.2, -0.15) is 0 Å². The smallest absolute Gasteiger partial charge is 0.410 e. The van der Waals surface area contributed by atoms with Gasteiger partial charge >= 0.3 is 12.2 Å². The number of carbonyl (C=O) groups excluding carboxylic acids is 2. The van der Waals surface area contributed by atoms with Crippen molar-refractivity contribution in [3.8, 4) is 11.3 Å². The first-order valence-electron chi connectivity index (χ1n) is 18.8. The van der Waals surface area contributed by atoms with Crippen molar-refractivity contribution in [1.29, 1.82) is 0 Å². The summed E-state index contributed by atoms with van der Waals surface area (Å²) >= 11 is 0. The molecule has 268 valence electrons. The normalized spacial score (nSPS) is 26.1. The van der Waals surface area contributed by atoms with Gasteiger partial charge in [-0.3, -0.25) is 9.80 Å². The molecule has 2 aromatic heterocycles. The fourth-order valence-corrected chi connectivity index (χ4v) is 9.12. The summed E-state index contributed by atoms with van der Waals surface area (Å²) in [7, 11) is 0. The van der Waals surface area contributed by atoms with Gasteiger partial charge in [0.1, 0.15) is 23.9 Å². The van der Waals surface area contributed by atoms with E-state index in [2.05, 4.69) is 34.2 Å². The van der Waals surface area contributed by atoms with Gasteiger partial charge in [0.15, 0.2) is 0 Å². The minimum atomic E-state index is -0.528. The molecular weight excluding hydrogens is 640 g/mol. The van der Waals surface area contributed by atoms with E-state index in [0.29, 0.717) is 13.1 Å². The SMILES string of the molecule is CC(C)(C)OC(=O)N1CCC[C@H]1c1ncc(-c2ccc(C34CCC(c5cnc([C@@H]6CCCN6C(=O)OCc6ccccc6)[nH]5)(CC3)CC4)cc2)[nH]1. The number of nitrogens with one attached hydrogen (secondary N) is 2. The van der Waals surface area contributed by atoms with Crippen LogP contribution in [0.5, 0.6) is 0 Å². The van der Waals surface area contributed by atoms with Crippen molar-refractivity contribution in [3.63, 3.8) is 0 Å². The molecule has 0 radical (unpaired) electrons. The Hall–Kier alpha value is -4.60. The van der Waals surface area contributed by atoms with Crippen LogP contribution < -0.4 is 0 Å². The number of likely N-dealkylation sites (tertiary alicyclic amines) is 2. The number of aromatic amines is 2. The molecule has 10 nitrogen and oxygen atoms in total. The molecule has 4 heterocycles. The third-order valence-corrected chi connectivity index (χ3v) is 12.0. The second kappa shape index (κ2) is 13.2. The van der Waals surface area contributed by atoms with Gasteiger partial charge in [0.05, 0.1) is 24.0 Å². The molecule has 2 saturated heterocycles. The Balaban J connectivity index is 0.899. The second-order valence-corrected chi connectivity index (χ2v) is 16.2. The Morgan fingerprint density at radius 1 is 0.765 bits per heavy atom. The third kappa shape index (κ3) is 6.53. The lowest BCUT2D eigenvalue weighted by atomic mass is 9.51. The molecule has 5 aliphatic rings. The fourth-order valence-electron chi connectivity index (χ4n) is 9.12. The third-order valence-electron chi connectivity index (χ3n) is 12.0. The molecule has 2 amide bonds. The van der Waals surface area contributed by atoms with Crippen LogP contribution in [0.1, 0.15) is 126 Å². The van der Waals surface area contributed by atoms with Crippen molar-refractivity contribution >= 4 is 12.2 Å². The van der Waals surface area contributed by atoms with Crippen LogP contribution in [0.4, 0.5) is 9.59 Å². The van der Waals surface area contributed by atoms with Gasteiger partial charge < -0.3 is 19.4 Å². The Labute approximate surface area is 300 Å². The maximum atomic E-state index is 13.1. The Kier molecular flexibility index (Phi) is 8.67. The van der Waals surface area contributed by atoms with Crippen LogP contribution in [0.3, 0.4) is 0 Å². The lowest BCUT2D eigenvalue weighted by molar-refractivity contribution is 0.0218. The molecule has 4 aromatic rings. The largest absolute Gasteiger partial charge is 0.445 e. The highest BCUT2D eigenvalue weighted by Gasteiger charge is 2.51. The van der Waals surface area contributed by atoms with Gasteiger partial charge in [-0.25, -0.2) is 19.6 Å². The molecule has 0 unspecified atom stereocenters. The first-order valence-corrected chi connectivity index (χ1v) is 18.8. The van der Waals surface area contributed by atoms with E-state index >= 15 is 0 Å². The standard InChI is InChI=1S/C41H50N6O4/c1-39(2,3)51-38(49)47-24-8-11-32(47)35-42-25-31(44-35)29-13-15-30(16-14-29)40-17-20-41(21-18-40,22-19-40)34-26-43-36(45-34)33-12-7-23-46(33)37(48)50-27-28-9-5-4-6-10-28/h4-6,9-10,13-16,25-26,32-33H,7-8,11-12,17-24,27H2,1-3H3,(H,42,44)(H,43,45)/t32-,33-,40?,41?/m0/s1. The minimum absolute atomic E-state index is 0.0729. The van der Waals surface area contributed by atoms with E-state index in [4.69, 9.17) is 19.4 Å². The Bertz CT molecular complexity index is 1830. The number of benzene rings is 2. The van der Waals surface area contributed by atoms with Gasteiger partial charge in [0, 0.05) is 30.4 Å². The monoisotopic (exact) mass is 690 g/mol. The van der Waals surface area contributed by atoms with Gasteiger partial charge in [-0.05, 0) is 107 Å². The van der Waals surface area contributed by atoms with E-state index in [1.54, 1.807) is 4.90 Å². The van der Waals surface area contributed by atoms with Crippen molar-refractivity contribution in [2.24, 2.45) is 0 Å². The van der Waals surface area contributed by atoms with Crippen LogP contribution in [0, 0.1) is 0 Å². The van der Waals surface area contributed by atoms with Crippen LogP contribution >= 0.6 is 0 Å². The van der Waals surface area contributed by atoms with E-state index in [1.165, 1.54) is 11.3 Å². The number of imidazole rings is 2. The molecule has 2 aliphatic heterocycles. The topological polar surface area (TPSA) is 116 Å². The highest BCUT2D eigenvalue weighted by molar-refractivity contribution is 5.69. The second-order valence-electron chi connectivity index (χ2n) is 16.2. The van der Waals surface area contributed by atoms with Crippen molar-refractivity contribution in [2.75, 3.05) is 13.1 Å². The molecule has 3 saturated carbocycles. The molecule has 3 aliphatic carbocycles. The van der Waals surface area contributed by atoms with Crippen LogP contribution in [0.15, 0.2) is 67.0 Å². The average Bonchev–Trinajstić information content (AvgIpc) is 3.98. The quantitative estimate of drug-likeness (QED) is 0.200. The summed E-state index contributed by atoms with van der Waals surface area (Å²) in [6.45, 7) is 7.35. The predicted octanol–water partition coefficient (Wildman–Crippen LogP) is 8.89. The molecule has 2 bridgehead atoms. The first kappa shape index (κ1) is 33.5. The molecule has 9 rings (SSSR count). The van der Waals surface area contributed by atoms with Gasteiger partial charge in [-0.15, -0.1) is 0 Å². The predicted molar refractivity (Wildman–Crippen MR) is 194 cm³/mol. The van der Waals surface area contributed by atoms with Crippen molar-refractivity contribution in [1.82, 2.24) is 29.7 Å². The molecule has 2 atom stereocenters. The molecule has 10 heteroatoms. The van der Waals surface area contributed by atoms with Gasteiger partial charge in [-0.1, -0.05) is 54.6 Å². The number of carbonyl (C=O) groups is 2. The zero-order valence-corrected chi connectivity index (χ0v) is 30.1. The summed E-state index contributed by atoms with van der Waals surface area (Å²) in [5.41, 5.74) is 5.50. The van der Waals surface area contributed by atoms with Crippen molar-refractivity contribution in [3.05, 3.63) is 95.5 Å². The first-order chi connectivity index (χ1) is 24.6. The number of amides is 2. The average molecular weight is 691 g/mol. The summed E-state index contributed by atoms with van der Waals surface area (Å²) < 4.78 is 11.4. The lowest BCUT2D eigenvalue weighted by Gasteiger charge is -2.53. The lowest BCUT2D eigenvalue weighted by Crippen LogP contribution is -2.46. The Morgan fingerprint density at radius 2 is 1.35 bits per heavy atom. The van der Waals surface area contributed by atoms with E-state index in [9.17, 15) is 9.59 Å². The number of ether oxygens (including phenoxy) is 2. The van der Waals surface area contributed by atoms with Crippen LogP contribution in [-0.4, -0.2) is 60.6 Å². The molecule has 2 aromatic carbocycles. The van der Waals surface area contributed by atoms with Gasteiger partial charge in [0.2, 0.25) is 0 Å². The summed E-state index contributed by atoms with van der Waals surface area (Å²) in [5.74, 6) is 1.71. The van der Waals surface area contributed by atoms with Gasteiger partial charge in [0.25, 0.3) is 0 Å². The fraction of sp³-hybridized carbons (Fsp3) is 0.512. The molecule has 5 fully saturated rings. The number of fused-ring (bicyclic) bond motifs is 3. The van der Waals surface area contributed by atoms with Crippen LogP contribution in [0.25, 0.3) is 11.3 Å². The summed E-state index contributed by atoms with van der Waals surface area (Å²) in [6.07, 6.45) is 13.9. The number of hydrogen-bond acceptors (Lipinski definition) is 6. The van der Waals surface area contributed by atoms with Crippen molar-refractivity contribution in [2.45, 2.75) is 120 Å². The molecule has 2 N–H and O–H groups in total. The highest BCUT2D eigenvalue weighted by Crippen LogP contribution is 2.58. The molecular formula is C41H50N6O4. The Morgan fingerprint density at radius 3 is 2.00 bits per heavy atom. The van der Waals surface area contributed by atoms with E-state index in [0.717, 1.165) is 92.7 Å². The molecule has 0 spiro atoms. The molecule has 51 heavy (non-hydrogen) atoms. The summed E-state index contributed by atoms with van der Waals surface area (Å²) in [6, 6.07) is 18.7. The van der Waals surface area contributed by atoms with E-state index in [1.807, 2.05) is 68.4 Å². The number of rotatable bonds is 7. The summed E-state index contributed by atoms with van der Waals surface area (Å²) in [4.78, 5) is 46.4. The van der Waals surface area contributed by atoms with E-state index < -0.39 is 5.60 Å². The number of H-pyrrole nitrogens is 2. The number of hydrogen-bond donors (Lipinski definition) is 2. The van der Waals surface area contributed by atoms with Crippen LogP contribution in [-0.2, 0) is 26.9 Å². The zero-order chi connectivity index (χ0) is 35.2. The van der Waals surface area contributed by atoms with E-state index in [-0.39, 0.29) is 41.7 Å². The maximum absolute atomic E-state index is 13.1. The van der Waals surface area contributed by atoms with Crippen LogP contribution in [0.2, 0.25) is 0 Å². The number of aromatic nitrogens is 4. The summed E-state index contributed by atoms with van der Waals surface area (Å²) in [5, 5.41) is 0. The highest BCUT2D eigenvalue weighted by atomic mass is 16.6. The minimum Gasteiger partial charge on any atom is -0.445 e. The zero-order valence-electron chi connectivity index (χ0n) is 30.1. The number of nitrogens with zero attached hydrogens (tertiary/aromatic N) is 4.